The Bertz CT molecular complexity index is 573. The third-order valence-electron chi connectivity index (χ3n) is 2.93. The molecule has 0 unspecified atom stereocenters. The number of nitrogens with zero attached hydrogens (tertiary/aromatic N) is 1. The van der Waals surface area contributed by atoms with Gasteiger partial charge in [0.2, 0.25) is 0 Å². The number of thioether (sulfide) groups is 1. The molecule has 0 aliphatic heterocycles. The van der Waals surface area contributed by atoms with Crippen LogP contribution in [0.1, 0.15) is 21.5 Å². The van der Waals surface area contributed by atoms with E-state index in [2.05, 4.69) is 10.3 Å². The van der Waals surface area contributed by atoms with Crippen molar-refractivity contribution in [3.8, 4) is 0 Å². The normalized spacial score (nSPS) is 10.3. The number of benzene rings is 1. The van der Waals surface area contributed by atoms with Crippen molar-refractivity contribution in [3.05, 3.63) is 53.2 Å². The van der Waals surface area contributed by atoms with E-state index in [9.17, 15) is 4.79 Å². The number of aryl methyl sites for hydroxylation is 2. The number of hydrogen-bond acceptors (Lipinski definition) is 3. The molecule has 0 saturated heterocycles. The first kappa shape index (κ1) is 13.6. The highest BCUT2D eigenvalue weighted by Gasteiger charge is 2.09. The second kappa shape index (κ2) is 5.89. The molecule has 1 aromatic heterocycles. The van der Waals surface area contributed by atoms with E-state index in [4.69, 9.17) is 0 Å². The minimum Gasteiger partial charge on any atom is -0.321 e. The molecule has 1 heterocycles. The molecule has 4 heteroatoms. The largest absolute Gasteiger partial charge is 0.321 e. The van der Waals surface area contributed by atoms with Crippen LogP contribution in [0.3, 0.4) is 0 Å². The summed E-state index contributed by atoms with van der Waals surface area (Å²) in [5.41, 5.74) is 3.56. The number of para-hydroxylation sites is 1. The lowest BCUT2D eigenvalue weighted by Gasteiger charge is -2.11. The molecular weight excluding hydrogens is 256 g/mol. The van der Waals surface area contributed by atoms with Crippen LogP contribution in [0, 0.1) is 13.8 Å². The Morgan fingerprint density at radius 3 is 2.37 bits per heavy atom. The highest BCUT2D eigenvalue weighted by atomic mass is 32.2. The van der Waals surface area contributed by atoms with Gasteiger partial charge in [0.15, 0.2) is 0 Å². The van der Waals surface area contributed by atoms with E-state index in [1.807, 2.05) is 44.4 Å². The van der Waals surface area contributed by atoms with Crippen molar-refractivity contribution in [1.29, 1.82) is 0 Å². The fourth-order valence-corrected chi connectivity index (χ4v) is 2.19. The maximum absolute atomic E-state index is 12.2. The fraction of sp³-hybridized carbons (Fsp3) is 0.200. The van der Waals surface area contributed by atoms with Crippen LogP contribution in [-0.4, -0.2) is 17.1 Å². The lowest BCUT2D eigenvalue weighted by atomic mass is 10.1. The van der Waals surface area contributed by atoms with Gasteiger partial charge in [0.25, 0.3) is 5.91 Å². The van der Waals surface area contributed by atoms with E-state index >= 15 is 0 Å². The first-order chi connectivity index (χ1) is 9.11. The molecular formula is C15H16N2OS. The van der Waals surface area contributed by atoms with Gasteiger partial charge in [0.05, 0.1) is 10.6 Å². The van der Waals surface area contributed by atoms with Crippen LogP contribution >= 0.6 is 11.8 Å². The van der Waals surface area contributed by atoms with Crippen molar-refractivity contribution in [2.45, 2.75) is 18.9 Å². The van der Waals surface area contributed by atoms with E-state index in [1.165, 1.54) is 0 Å². The monoisotopic (exact) mass is 272 g/mol. The highest BCUT2D eigenvalue weighted by Crippen LogP contribution is 2.20. The Morgan fingerprint density at radius 1 is 1.16 bits per heavy atom. The maximum atomic E-state index is 12.2. The minimum atomic E-state index is -0.127. The van der Waals surface area contributed by atoms with Gasteiger partial charge in [0.1, 0.15) is 0 Å². The van der Waals surface area contributed by atoms with Crippen molar-refractivity contribution < 1.29 is 4.79 Å². The molecule has 0 saturated carbocycles. The van der Waals surface area contributed by atoms with Gasteiger partial charge in [-0.25, -0.2) is 4.98 Å². The third-order valence-corrected chi connectivity index (χ3v) is 3.59. The highest BCUT2D eigenvalue weighted by molar-refractivity contribution is 7.98. The van der Waals surface area contributed by atoms with E-state index in [0.29, 0.717) is 5.56 Å². The number of pyridine rings is 1. The predicted molar refractivity (Wildman–Crippen MR) is 79.9 cm³/mol. The number of carbonyl (C=O) groups is 1. The molecule has 0 aliphatic carbocycles. The van der Waals surface area contributed by atoms with Crippen LogP contribution < -0.4 is 5.32 Å². The summed E-state index contributed by atoms with van der Waals surface area (Å²) >= 11 is 1.56. The van der Waals surface area contributed by atoms with E-state index in [-0.39, 0.29) is 5.91 Å². The van der Waals surface area contributed by atoms with Crippen LogP contribution in [0.5, 0.6) is 0 Å². The Morgan fingerprint density at radius 2 is 1.84 bits per heavy atom. The number of aromatic nitrogens is 1. The van der Waals surface area contributed by atoms with Gasteiger partial charge in [-0.2, -0.15) is 0 Å². The molecule has 0 radical (unpaired) electrons. The number of anilines is 1. The third kappa shape index (κ3) is 3.15. The average molecular weight is 272 g/mol. The summed E-state index contributed by atoms with van der Waals surface area (Å²) in [5.74, 6) is -0.127. The van der Waals surface area contributed by atoms with Crippen LogP contribution in [0.2, 0.25) is 0 Å². The molecule has 1 amide bonds. The van der Waals surface area contributed by atoms with Gasteiger partial charge in [-0.15, -0.1) is 11.8 Å². The van der Waals surface area contributed by atoms with Gasteiger partial charge in [0, 0.05) is 11.9 Å². The van der Waals surface area contributed by atoms with Crippen LogP contribution in [0.25, 0.3) is 0 Å². The van der Waals surface area contributed by atoms with Crippen molar-refractivity contribution in [2.75, 3.05) is 11.6 Å². The lowest BCUT2D eigenvalue weighted by Crippen LogP contribution is -2.14. The number of rotatable bonds is 3. The zero-order chi connectivity index (χ0) is 13.8. The molecule has 0 spiro atoms. The van der Waals surface area contributed by atoms with E-state index < -0.39 is 0 Å². The van der Waals surface area contributed by atoms with Crippen molar-refractivity contribution in [3.63, 3.8) is 0 Å². The summed E-state index contributed by atoms with van der Waals surface area (Å²) in [5, 5.41) is 3.85. The topological polar surface area (TPSA) is 42.0 Å². The zero-order valence-corrected chi connectivity index (χ0v) is 12.0. The number of amides is 1. The van der Waals surface area contributed by atoms with Crippen molar-refractivity contribution in [1.82, 2.24) is 4.98 Å². The van der Waals surface area contributed by atoms with Crippen LogP contribution in [-0.2, 0) is 0 Å². The smallest absolute Gasteiger partial charge is 0.257 e. The van der Waals surface area contributed by atoms with E-state index in [0.717, 1.165) is 21.8 Å². The molecule has 3 nitrogen and oxygen atoms in total. The Balaban J connectivity index is 2.20. The molecule has 98 valence electrons. The van der Waals surface area contributed by atoms with Gasteiger partial charge in [-0.05, 0) is 43.4 Å². The summed E-state index contributed by atoms with van der Waals surface area (Å²) in [6.45, 7) is 3.97. The van der Waals surface area contributed by atoms with Gasteiger partial charge < -0.3 is 5.32 Å². The fourth-order valence-electron chi connectivity index (χ4n) is 1.83. The van der Waals surface area contributed by atoms with Crippen LogP contribution in [0.15, 0.2) is 41.6 Å². The molecule has 0 aliphatic rings. The molecule has 2 aromatic rings. The second-order valence-corrected chi connectivity index (χ2v) is 5.14. The summed E-state index contributed by atoms with van der Waals surface area (Å²) in [6, 6.07) is 9.59. The quantitative estimate of drug-likeness (QED) is 0.867. The van der Waals surface area contributed by atoms with Crippen molar-refractivity contribution in [2.24, 2.45) is 0 Å². The Kier molecular flexibility index (Phi) is 4.22. The first-order valence-electron chi connectivity index (χ1n) is 5.99. The minimum absolute atomic E-state index is 0.127. The zero-order valence-electron chi connectivity index (χ0n) is 11.2. The average Bonchev–Trinajstić information content (AvgIpc) is 2.43. The van der Waals surface area contributed by atoms with Crippen LogP contribution in [0.4, 0.5) is 5.69 Å². The van der Waals surface area contributed by atoms with Gasteiger partial charge in [-0.1, -0.05) is 18.2 Å². The maximum Gasteiger partial charge on any atom is 0.257 e. The summed E-state index contributed by atoms with van der Waals surface area (Å²) in [7, 11) is 0. The van der Waals surface area contributed by atoms with Crippen molar-refractivity contribution >= 4 is 23.4 Å². The SMILES string of the molecule is CSc1ccc(C(=O)Nc2c(C)cccc2C)cn1. The molecule has 0 fully saturated rings. The Labute approximate surface area is 117 Å². The second-order valence-electron chi connectivity index (χ2n) is 4.31. The molecule has 1 aromatic carbocycles. The Hall–Kier alpha value is -1.81. The predicted octanol–water partition coefficient (Wildman–Crippen LogP) is 3.67. The van der Waals surface area contributed by atoms with Gasteiger partial charge >= 0.3 is 0 Å². The molecule has 1 N–H and O–H groups in total. The molecule has 0 bridgehead atoms. The number of nitrogens with one attached hydrogen (secondary N) is 1. The number of hydrogen-bond donors (Lipinski definition) is 1. The standard InChI is InChI=1S/C15H16N2OS/c1-10-5-4-6-11(2)14(10)17-15(18)12-7-8-13(19-3)16-9-12/h4-9H,1-3H3,(H,17,18). The molecule has 0 atom stereocenters. The number of carbonyl (C=O) groups excluding carboxylic acids is 1. The lowest BCUT2D eigenvalue weighted by molar-refractivity contribution is 0.102. The van der Waals surface area contributed by atoms with E-state index in [1.54, 1.807) is 24.0 Å². The first-order valence-corrected chi connectivity index (χ1v) is 7.22. The summed E-state index contributed by atoms with van der Waals surface area (Å²) in [4.78, 5) is 16.4. The summed E-state index contributed by atoms with van der Waals surface area (Å²) < 4.78 is 0. The summed E-state index contributed by atoms with van der Waals surface area (Å²) in [6.07, 6.45) is 3.56. The molecule has 19 heavy (non-hydrogen) atoms. The van der Waals surface area contributed by atoms with Gasteiger partial charge in [-0.3, -0.25) is 4.79 Å². The molecule has 2 rings (SSSR count).